The van der Waals surface area contributed by atoms with Crippen LogP contribution in [0.5, 0.6) is 0 Å². The van der Waals surface area contributed by atoms with Crippen molar-refractivity contribution in [3.63, 3.8) is 0 Å². The number of nitrogens with one attached hydrogen (secondary N) is 1. The molecule has 0 aliphatic carbocycles. The molecule has 0 spiro atoms. The van der Waals surface area contributed by atoms with Gasteiger partial charge in [0.1, 0.15) is 11.1 Å². The lowest BCUT2D eigenvalue weighted by Crippen LogP contribution is -2.24. The molecule has 1 aromatic heterocycles. The number of nitrogens with two attached hydrogens (primary N) is 1. The molecule has 26 heavy (non-hydrogen) atoms. The Morgan fingerprint density at radius 2 is 1.96 bits per heavy atom. The van der Waals surface area contributed by atoms with Crippen LogP contribution in [0, 0.1) is 6.92 Å². The number of hydrogen-bond donors (Lipinski definition) is 2. The SMILES string of the molecule is Cc1nn(-c2ccc(Cl)c(Cl)c2)c(N)c1[C@@H]1Sc2ccccc2NC1=O. The van der Waals surface area contributed by atoms with Gasteiger partial charge in [-0.3, -0.25) is 4.79 Å². The molecule has 1 aliphatic heterocycles. The van der Waals surface area contributed by atoms with Crippen molar-refractivity contribution in [3.05, 3.63) is 63.8 Å². The molecule has 132 valence electrons. The number of halogens is 2. The van der Waals surface area contributed by atoms with E-state index in [2.05, 4.69) is 10.4 Å². The van der Waals surface area contributed by atoms with E-state index in [-0.39, 0.29) is 5.91 Å². The topological polar surface area (TPSA) is 72.9 Å². The zero-order valence-corrected chi connectivity index (χ0v) is 16.0. The average molecular weight is 405 g/mol. The first-order valence-electron chi connectivity index (χ1n) is 7.82. The van der Waals surface area contributed by atoms with Crippen LogP contribution in [0.25, 0.3) is 5.69 Å². The van der Waals surface area contributed by atoms with Gasteiger partial charge in [0.2, 0.25) is 5.91 Å². The molecule has 0 fully saturated rings. The predicted molar refractivity (Wildman–Crippen MR) is 106 cm³/mol. The van der Waals surface area contributed by atoms with Crippen LogP contribution in [0.4, 0.5) is 11.5 Å². The van der Waals surface area contributed by atoms with E-state index in [1.807, 2.05) is 31.2 Å². The molecule has 2 heterocycles. The molecule has 8 heteroatoms. The average Bonchev–Trinajstić information content (AvgIpc) is 2.91. The number of carbonyl (C=O) groups is 1. The Morgan fingerprint density at radius 3 is 2.73 bits per heavy atom. The Bertz CT molecular complexity index is 1030. The summed E-state index contributed by atoms with van der Waals surface area (Å²) < 4.78 is 1.58. The smallest absolute Gasteiger partial charge is 0.242 e. The van der Waals surface area contributed by atoms with Crippen LogP contribution >= 0.6 is 35.0 Å². The van der Waals surface area contributed by atoms with Gasteiger partial charge in [0.25, 0.3) is 0 Å². The van der Waals surface area contributed by atoms with Gasteiger partial charge in [-0.2, -0.15) is 5.10 Å². The molecule has 2 aromatic carbocycles. The molecule has 3 N–H and O–H groups in total. The molecule has 1 atom stereocenters. The number of thioether (sulfide) groups is 1. The van der Waals surface area contributed by atoms with Gasteiger partial charge < -0.3 is 11.1 Å². The second-order valence-electron chi connectivity index (χ2n) is 5.88. The van der Waals surface area contributed by atoms with Gasteiger partial charge >= 0.3 is 0 Å². The summed E-state index contributed by atoms with van der Waals surface area (Å²) in [5.74, 6) is 0.296. The first-order valence-corrected chi connectivity index (χ1v) is 9.46. The number of nitrogen functional groups attached to an aromatic ring is 1. The third kappa shape index (κ3) is 2.84. The van der Waals surface area contributed by atoms with Crippen LogP contribution in [-0.4, -0.2) is 15.7 Å². The fourth-order valence-electron chi connectivity index (χ4n) is 2.94. The summed E-state index contributed by atoms with van der Waals surface area (Å²) in [5.41, 5.74) is 9.27. The minimum absolute atomic E-state index is 0.114. The summed E-state index contributed by atoms with van der Waals surface area (Å²) in [5, 5.41) is 7.85. The molecule has 4 rings (SSSR count). The van der Waals surface area contributed by atoms with Crippen molar-refractivity contribution >= 4 is 52.4 Å². The molecule has 0 bridgehead atoms. The number of rotatable bonds is 2. The van der Waals surface area contributed by atoms with E-state index in [0.29, 0.717) is 32.8 Å². The first kappa shape index (κ1) is 17.3. The van der Waals surface area contributed by atoms with Crippen molar-refractivity contribution in [2.75, 3.05) is 11.1 Å². The number of anilines is 2. The van der Waals surface area contributed by atoms with Gasteiger partial charge in [-0.15, -0.1) is 11.8 Å². The highest BCUT2D eigenvalue weighted by Crippen LogP contribution is 2.46. The molecule has 5 nitrogen and oxygen atoms in total. The van der Waals surface area contributed by atoms with Crippen LogP contribution in [0.2, 0.25) is 10.0 Å². The van der Waals surface area contributed by atoms with Gasteiger partial charge in [-0.1, -0.05) is 35.3 Å². The van der Waals surface area contributed by atoms with Gasteiger partial charge in [-0.25, -0.2) is 4.68 Å². The molecule has 1 amide bonds. The maximum atomic E-state index is 12.6. The zero-order valence-electron chi connectivity index (χ0n) is 13.7. The Labute approximate surface area is 164 Å². The monoisotopic (exact) mass is 404 g/mol. The molecule has 1 aliphatic rings. The van der Waals surface area contributed by atoms with Gasteiger partial charge in [-0.05, 0) is 37.3 Å². The minimum Gasteiger partial charge on any atom is -0.383 e. The Balaban J connectivity index is 1.78. The van der Waals surface area contributed by atoms with Crippen LogP contribution in [0.1, 0.15) is 16.5 Å². The van der Waals surface area contributed by atoms with Crippen LogP contribution in [0.3, 0.4) is 0 Å². The standard InChI is InChI=1S/C18H14Cl2N4OS/c1-9-15(16-18(25)22-13-4-2-3-5-14(13)26-16)17(21)24(23-9)10-6-7-11(19)12(20)8-10/h2-8,16H,21H2,1H3,(H,22,25)/t16-/m0/s1. The van der Waals surface area contributed by atoms with E-state index in [9.17, 15) is 4.79 Å². The van der Waals surface area contributed by atoms with Crippen molar-refractivity contribution in [3.8, 4) is 5.69 Å². The molecule has 0 unspecified atom stereocenters. The number of para-hydroxylation sites is 1. The van der Waals surface area contributed by atoms with Gasteiger partial charge in [0.05, 0.1) is 27.1 Å². The van der Waals surface area contributed by atoms with Crippen molar-refractivity contribution in [2.24, 2.45) is 0 Å². The lowest BCUT2D eigenvalue weighted by molar-refractivity contribution is -0.115. The van der Waals surface area contributed by atoms with E-state index >= 15 is 0 Å². The Morgan fingerprint density at radius 1 is 1.19 bits per heavy atom. The normalized spacial score (nSPS) is 16.3. The van der Waals surface area contributed by atoms with Crippen LogP contribution in [0.15, 0.2) is 47.4 Å². The highest BCUT2D eigenvalue weighted by molar-refractivity contribution is 8.00. The van der Waals surface area contributed by atoms with Crippen molar-refractivity contribution in [2.45, 2.75) is 17.1 Å². The maximum Gasteiger partial charge on any atom is 0.242 e. The lowest BCUT2D eigenvalue weighted by atomic mass is 10.1. The molecular formula is C18H14Cl2N4OS. The highest BCUT2D eigenvalue weighted by Gasteiger charge is 2.33. The lowest BCUT2D eigenvalue weighted by Gasteiger charge is -2.24. The minimum atomic E-state index is -0.471. The van der Waals surface area contributed by atoms with Crippen molar-refractivity contribution in [1.82, 2.24) is 9.78 Å². The number of benzene rings is 2. The number of carbonyl (C=O) groups excluding carboxylic acids is 1. The molecule has 0 radical (unpaired) electrons. The Kier molecular flexibility index (Phi) is 4.34. The number of fused-ring (bicyclic) bond motifs is 1. The summed E-state index contributed by atoms with van der Waals surface area (Å²) in [6, 6.07) is 12.8. The predicted octanol–water partition coefficient (Wildman–Crippen LogP) is 4.86. The third-order valence-corrected chi connectivity index (χ3v) is 6.22. The van der Waals surface area contributed by atoms with Gasteiger partial charge in [0.15, 0.2) is 0 Å². The number of nitrogens with zero attached hydrogens (tertiary/aromatic N) is 2. The van der Waals surface area contributed by atoms with Crippen molar-refractivity contribution < 1.29 is 4.79 Å². The second kappa shape index (κ2) is 6.54. The molecule has 3 aromatic rings. The summed E-state index contributed by atoms with van der Waals surface area (Å²) in [6.07, 6.45) is 0. The molecule has 0 saturated heterocycles. The summed E-state index contributed by atoms with van der Waals surface area (Å²) in [4.78, 5) is 13.6. The third-order valence-electron chi connectivity index (χ3n) is 4.18. The van der Waals surface area contributed by atoms with Gasteiger partial charge in [0, 0.05) is 10.5 Å². The quantitative estimate of drug-likeness (QED) is 0.639. The van der Waals surface area contributed by atoms with E-state index < -0.39 is 5.25 Å². The van der Waals surface area contributed by atoms with E-state index in [1.165, 1.54) is 11.8 Å². The summed E-state index contributed by atoms with van der Waals surface area (Å²) >= 11 is 13.6. The number of amides is 1. The Hall–Kier alpha value is -2.15. The fourth-order valence-corrected chi connectivity index (χ4v) is 4.46. The second-order valence-corrected chi connectivity index (χ2v) is 7.84. The largest absolute Gasteiger partial charge is 0.383 e. The number of hydrogen-bond acceptors (Lipinski definition) is 4. The maximum absolute atomic E-state index is 12.6. The fraction of sp³-hybridized carbons (Fsp3) is 0.111. The first-order chi connectivity index (χ1) is 12.5. The van der Waals surface area contributed by atoms with E-state index in [1.54, 1.807) is 22.9 Å². The van der Waals surface area contributed by atoms with E-state index in [0.717, 1.165) is 10.6 Å². The van der Waals surface area contributed by atoms with Crippen molar-refractivity contribution in [1.29, 1.82) is 0 Å². The molecular weight excluding hydrogens is 391 g/mol. The van der Waals surface area contributed by atoms with Crippen LogP contribution in [-0.2, 0) is 4.79 Å². The highest BCUT2D eigenvalue weighted by atomic mass is 35.5. The molecule has 0 saturated carbocycles. The van der Waals surface area contributed by atoms with Crippen LogP contribution < -0.4 is 11.1 Å². The summed E-state index contributed by atoms with van der Waals surface area (Å²) in [7, 11) is 0. The summed E-state index contributed by atoms with van der Waals surface area (Å²) in [6.45, 7) is 1.84. The van der Waals surface area contributed by atoms with E-state index in [4.69, 9.17) is 28.9 Å². The zero-order chi connectivity index (χ0) is 18.4. The number of aromatic nitrogens is 2. The number of aryl methyl sites for hydroxylation is 1.